The Bertz CT molecular complexity index is 342. The van der Waals surface area contributed by atoms with Crippen LogP contribution < -0.4 is 5.73 Å². The standard InChI is InChI=1S/C10H16N2O2/c1-5(2)6(3)9-8(10(11)13)7(4)12-14-9/h5-6H,1-4H3,(H2,11,13). The van der Waals surface area contributed by atoms with Crippen LogP contribution in [0.2, 0.25) is 0 Å². The van der Waals surface area contributed by atoms with Gasteiger partial charge in [-0.2, -0.15) is 0 Å². The van der Waals surface area contributed by atoms with E-state index >= 15 is 0 Å². The second-order valence-corrected chi connectivity index (χ2v) is 3.90. The lowest BCUT2D eigenvalue weighted by molar-refractivity contribution is 0.0997. The largest absolute Gasteiger partial charge is 0.365 e. The molecule has 4 heteroatoms. The summed E-state index contributed by atoms with van der Waals surface area (Å²) in [6.07, 6.45) is 0. The monoisotopic (exact) mass is 196 g/mol. The molecule has 78 valence electrons. The molecule has 0 aliphatic carbocycles. The summed E-state index contributed by atoms with van der Waals surface area (Å²) in [7, 11) is 0. The number of nitrogens with zero attached hydrogens (tertiary/aromatic N) is 1. The number of aromatic nitrogens is 1. The van der Waals surface area contributed by atoms with Gasteiger partial charge in [-0.05, 0) is 12.8 Å². The van der Waals surface area contributed by atoms with E-state index in [1.54, 1.807) is 6.92 Å². The van der Waals surface area contributed by atoms with Crippen LogP contribution in [0.4, 0.5) is 0 Å². The zero-order valence-electron chi connectivity index (χ0n) is 9.00. The molecule has 0 spiro atoms. The van der Waals surface area contributed by atoms with Gasteiger partial charge in [-0.3, -0.25) is 4.79 Å². The van der Waals surface area contributed by atoms with Crippen LogP contribution in [-0.2, 0) is 0 Å². The minimum atomic E-state index is -0.466. The van der Waals surface area contributed by atoms with E-state index in [2.05, 4.69) is 19.0 Å². The predicted octanol–water partition coefficient (Wildman–Crippen LogP) is 1.84. The molecule has 1 heterocycles. The van der Waals surface area contributed by atoms with E-state index in [4.69, 9.17) is 10.3 Å². The Hall–Kier alpha value is -1.32. The summed E-state index contributed by atoms with van der Waals surface area (Å²) in [6.45, 7) is 7.85. The van der Waals surface area contributed by atoms with Gasteiger partial charge in [-0.15, -0.1) is 0 Å². The molecule has 4 nitrogen and oxygen atoms in total. The minimum absolute atomic E-state index is 0.152. The summed E-state index contributed by atoms with van der Waals surface area (Å²) in [4.78, 5) is 11.2. The Kier molecular flexibility index (Phi) is 2.93. The van der Waals surface area contributed by atoms with Gasteiger partial charge in [0.05, 0.1) is 5.69 Å². The van der Waals surface area contributed by atoms with Gasteiger partial charge in [0.15, 0.2) is 5.76 Å². The smallest absolute Gasteiger partial charge is 0.254 e. The number of carbonyl (C=O) groups excluding carboxylic acids is 1. The Morgan fingerprint density at radius 3 is 2.43 bits per heavy atom. The van der Waals surface area contributed by atoms with Crippen molar-refractivity contribution < 1.29 is 9.32 Å². The molecular weight excluding hydrogens is 180 g/mol. The molecule has 14 heavy (non-hydrogen) atoms. The SMILES string of the molecule is Cc1noc(C(C)C(C)C)c1C(N)=O. The van der Waals surface area contributed by atoms with Crippen LogP contribution in [0.1, 0.15) is 48.5 Å². The van der Waals surface area contributed by atoms with Crippen LogP contribution >= 0.6 is 0 Å². The highest BCUT2D eigenvalue weighted by atomic mass is 16.5. The van der Waals surface area contributed by atoms with Gasteiger partial charge < -0.3 is 10.3 Å². The number of rotatable bonds is 3. The molecule has 2 N–H and O–H groups in total. The predicted molar refractivity (Wildman–Crippen MR) is 53.0 cm³/mol. The van der Waals surface area contributed by atoms with Gasteiger partial charge in [0, 0.05) is 5.92 Å². The molecule has 1 aromatic rings. The second kappa shape index (κ2) is 3.82. The Labute approximate surface area is 83.5 Å². The summed E-state index contributed by atoms with van der Waals surface area (Å²) >= 11 is 0. The molecule has 0 fully saturated rings. The number of aryl methyl sites for hydroxylation is 1. The Morgan fingerprint density at radius 2 is 2.00 bits per heavy atom. The molecule has 1 unspecified atom stereocenters. The molecule has 0 bridgehead atoms. The van der Waals surface area contributed by atoms with Crippen LogP contribution in [-0.4, -0.2) is 11.1 Å². The lowest BCUT2D eigenvalue weighted by Crippen LogP contribution is -2.15. The van der Waals surface area contributed by atoms with Gasteiger partial charge in [0.2, 0.25) is 0 Å². The van der Waals surface area contributed by atoms with E-state index in [1.165, 1.54) is 0 Å². The van der Waals surface area contributed by atoms with Gasteiger partial charge in [-0.1, -0.05) is 25.9 Å². The normalized spacial score (nSPS) is 13.2. The van der Waals surface area contributed by atoms with Crippen molar-refractivity contribution in [3.8, 4) is 0 Å². The van der Waals surface area contributed by atoms with E-state index in [9.17, 15) is 4.79 Å². The number of hydrogen-bond acceptors (Lipinski definition) is 3. The number of nitrogens with two attached hydrogens (primary N) is 1. The lowest BCUT2D eigenvalue weighted by atomic mass is 9.92. The summed E-state index contributed by atoms with van der Waals surface area (Å²) in [6, 6.07) is 0. The fourth-order valence-electron chi connectivity index (χ4n) is 1.30. The van der Waals surface area contributed by atoms with Crippen molar-refractivity contribution in [2.45, 2.75) is 33.6 Å². The first-order valence-corrected chi connectivity index (χ1v) is 4.71. The summed E-state index contributed by atoms with van der Waals surface area (Å²) in [5.41, 5.74) is 6.26. The second-order valence-electron chi connectivity index (χ2n) is 3.90. The zero-order valence-corrected chi connectivity index (χ0v) is 9.00. The molecular formula is C10H16N2O2. The highest BCUT2D eigenvalue weighted by Crippen LogP contribution is 2.27. The molecule has 0 radical (unpaired) electrons. The Morgan fingerprint density at radius 1 is 1.43 bits per heavy atom. The van der Waals surface area contributed by atoms with Crippen molar-refractivity contribution in [1.29, 1.82) is 0 Å². The highest BCUT2D eigenvalue weighted by Gasteiger charge is 2.24. The first kappa shape index (κ1) is 10.8. The highest BCUT2D eigenvalue weighted by molar-refractivity contribution is 5.94. The lowest BCUT2D eigenvalue weighted by Gasteiger charge is -2.12. The average Bonchev–Trinajstić information content (AvgIpc) is 2.45. The summed E-state index contributed by atoms with van der Waals surface area (Å²) < 4.78 is 5.13. The van der Waals surface area contributed by atoms with E-state index < -0.39 is 5.91 Å². The molecule has 0 aliphatic rings. The number of hydrogen-bond donors (Lipinski definition) is 1. The number of amides is 1. The van der Waals surface area contributed by atoms with Crippen molar-refractivity contribution in [3.05, 3.63) is 17.0 Å². The summed E-state index contributed by atoms with van der Waals surface area (Å²) in [5.74, 6) is 0.676. The zero-order chi connectivity index (χ0) is 10.9. The van der Waals surface area contributed by atoms with Crippen molar-refractivity contribution in [2.75, 3.05) is 0 Å². The number of carbonyl (C=O) groups is 1. The van der Waals surface area contributed by atoms with E-state index in [0.29, 0.717) is 22.9 Å². The number of primary amides is 1. The molecule has 0 saturated carbocycles. The van der Waals surface area contributed by atoms with Crippen molar-refractivity contribution in [3.63, 3.8) is 0 Å². The van der Waals surface area contributed by atoms with Crippen LogP contribution in [0.15, 0.2) is 4.52 Å². The van der Waals surface area contributed by atoms with E-state index in [1.807, 2.05) is 6.92 Å². The van der Waals surface area contributed by atoms with Gasteiger partial charge in [0.1, 0.15) is 5.56 Å². The van der Waals surface area contributed by atoms with Crippen LogP contribution in [0, 0.1) is 12.8 Å². The van der Waals surface area contributed by atoms with Crippen molar-refractivity contribution in [1.82, 2.24) is 5.16 Å². The molecule has 1 aromatic heterocycles. The third-order valence-electron chi connectivity index (χ3n) is 2.55. The maximum atomic E-state index is 11.2. The third kappa shape index (κ3) is 1.78. The molecule has 1 amide bonds. The maximum Gasteiger partial charge on any atom is 0.254 e. The topological polar surface area (TPSA) is 69.1 Å². The first-order valence-electron chi connectivity index (χ1n) is 4.71. The molecule has 0 aliphatic heterocycles. The van der Waals surface area contributed by atoms with Crippen LogP contribution in [0.3, 0.4) is 0 Å². The van der Waals surface area contributed by atoms with Crippen molar-refractivity contribution >= 4 is 5.91 Å². The molecule has 1 atom stereocenters. The van der Waals surface area contributed by atoms with Gasteiger partial charge in [0.25, 0.3) is 5.91 Å². The van der Waals surface area contributed by atoms with Crippen LogP contribution in [0.25, 0.3) is 0 Å². The third-order valence-corrected chi connectivity index (χ3v) is 2.55. The first-order chi connectivity index (χ1) is 6.45. The quantitative estimate of drug-likeness (QED) is 0.801. The van der Waals surface area contributed by atoms with Gasteiger partial charge >= 0.3 is 0 Å². The Balaban J connectivity index is 3.15. The average molecular weight is 196 g/mol. The minimum Gasteiger partial charge on any atom is -0.365 e. The van der Waals surface area contributed by atoms with Gasteiger partial charge in [-0.25, -0.2) is 0 Å². The maximum absolute atomic E-state index is 11.2. The van der Waals surface area contributed by atoms with Crippen molar-refractivity contribution in [2.24, 2.45) is 11.7 Å². The van der Waals surface area contributed by atoms with E-state index in [0.717, 1.165) is 0 Å². The molecule has 0 saturated heterocycles. The molecule has 1 rings (SSSR count). The fraction of sp³-hybridized carbons (Fsp3) is 0.600. The van der Waals surface area contributed by atoms with Crippen LogP contribution in [0.5, 0.6) is 0 Å². The fourth-order valence-corrected chi connectivity index (χ4v) is 1.30. The summed E-state index contributed by atoms with van der Waals surface area (Å²) in [5, 5.41) is 3.77. The molecule has 0 aromatic carbocycles. The van der Waals surface area contributed by atoms with E-state index in [-0.39, 0.29) is 5.92 Å².